The number of ether oxygens (including phenoxy) is 1. The smallest absolute Gasteiger partial charge is 0.335 e. The molecule has 1 saturated heterocycles. The summed E-state index contributed by atoms with van der Waals surface area (Å²) in [7, 11) is 0. The van der Waals surface area contributed by atoms with Gasteiger partial charge in [0.05, 0.1) is 5.69 Å². The molecule has 6 heteroatoms. The summed E-state index contributed by atoms with van der Waals surface area (Å²) < 4.78 is 5.96. The summed E-state index contributed by atoms with van der Waals surface area (Å²) in [6.07, 6.45) is 1.46. The average molecular weight is 426 g/mol. The molecule has 4 rings (SSSR count). The molecule has 1 heterocycles. The maximum atomic E-state index is 13.1. The van der Waals surface area contributed by atoms with Gasteiger partial charge in [0.1, 0.15) is 17.9 Å². The minimum Gasteiger partial charge on any atom is -0.488 e. The molecule has 0 spiro atoms. The van der Waals surface area contributed by atoms with Crippen molar-refractivity contribution in [2.75, 3.05) is 4.90 Å². The molecule has 1 aliphatic rings. The molecule has 0 radical (unpaired) electrons. The monoisotopic (exact) mass is 426 g/mol. The van der Waals surface area contributed by atoms with E-state index in [0.717, 1.165) is 21.6 Å². The summed E-state index contributed by atoms with van der Waals surface area (Å²) in [6, 6.07) is 21.3. The number of imide groups is 2. The summed E-state index contributed by atoms with van der Waals surface area (Å²) >= 11 is 0. The summed E-state index contributed by atoms with van der Waals surface area (Å²) in [6.45, 7) is 4.22. The second kappa shape index (κ2) is 8.89. The molecule has 0 aromatic heterocycles. The van der Waals surface area contributed by atoms with Crippen LogP contribution in [0.25, 0.3) is 6.08 Å². The number of benzene rings is 3. The van der Waals surface area contributed by atoms with E-state index in [1.54, 1.807) is 36.4 Å². The van der Waals surface area contributed by atoms with E-state index in [1.165, 1.54) is 6.08 Å². The van der Waals surface area contributed by atoms with Gasteiger partial charge in [-0.15, -0.1) is 0 Å². The van der Waals surface area contributed by atoms with Gasteiger partial charge in [-0.1, -0.05) is 60.2 Å². The number of carbonyl (C=O) groups is 3. The fourth-order valence-electron chi connectivity index (χ4n) is 3.39. The van der Waals surface area contributed by atoms with Gasteiger partial charge in [-0.25, -0.2) is 9.69 Å². The van der Waals surface area contributed by atoms with Gasteiger partial charge in [-0.2, -0.15) is 0 Å². The van der Waals surface area contributed by atoms with Gasteiger partial charge in [0.25, 0.3) is 11.8 Å². The van der Waals surface area contributed by atoms with E-state index in [1.807, 2.05) is 50.2 Å². The molecule has 1 fully saturated rings. The highest BCUT2D eigenvalue weighted by Gasteiger charge is 2.37. The van der Waals surface area contributed by atoms with Gasteiger partial charge >= 0.3 is 6.03 Å². The Labute approximate surface area is 186 Å². The number of carbonyl (C=O) groups excluding carboxylic acids is 3. The van der Waals surface area contributed by atoms with E-state index in [2.05, 4.69) is 5.32 Å². The number of rotatable bonds is 5. The second-order valence-electron chi connectivity index (χ2n) is 7.61. The molecule has 3 aromatic carbocycles. The van der Waals surface area contributed by atoms with Crippen molar-refractivity contribution in [1.82, 2.24) is 5.32 Å². The number of urea groups is 1. The van der Waals surface area contributed by atoms with Crippen molar-refractivity contribution in [2.45, 2.75) is 20.5 Å². The third kappa shape index (κ3) is 4.44. The van der Waals surface area contributed by atoms with Crippen LogP contribution >= 0.6 is 0 Å². The molecule has 32 heavy (non-hydrogen) atoms. The van der Waals surface area contributed by atoms with Crippen molar-refractivity contribution in [1.29, 1.82) is 0 Å². The first kappa shape index (κ1) is 21.1. The van der Waals surface area contributed by atoms with Crippen LogP contribution in [0.2, 0.25) is 0 Å². The molecule has 0 saturated carbocycles. The number of barbiturate groups is 1. The molecule has 1 N–H and O–H groups in total. The molecule has 0 aliphatic carbocycles. The lowest BCUT2D eigenvalue weighted by molar-refractivity contribution is -0.122. The van der Waals surface area contributed by atoms with Gasteiger partial charge < -0.3 is 4.74 Å². The summed E-state index contributed by atoms with van der Waals surface area (Å²) in [5.41, 5.74) is 3.87. The van der Waals surface area contributed by atoms with Crippen molar-refractivity contribution in [2.24, 2.45) is 0 Å². The van der Waals surface area contributed by atoms with Crippen LogP contribution in [0, 0.1) is 13.8 Å². The molecule has 0 unspecified atom stereocenters. The van der Waals surface area contributed by atoms with Crippen LogP contribution in [-0.4, -0.2) is 17.8 Å². The number of para-hydroxylation sites is 1. The number of amides is 4. The zero-order chi connectivity index (χ0) is 22.7. The Bertz CT molecular complexity index is 1230. The average Bonchev–Trinajstić information content (AvgIpc) is 2.77. The van der Waals surface area contributed by atoms with Crippen LogP contribution in [0.5, 0.6) is 5.75 Å². The predicted octanol–water partition coefficient (Wildman–Crippen LogP) is 4.55. The first-order valence-corrected chi connectivity index (χ1v) is 10.2. The molecule has 0 bridgehead atoms. The van der Waals surface area contributed by atoms with E-state index in [0.29, 0.717) is 23.6 Å². The summed E-state index contributed by atoms with van der Waals surface area (Å²) in [4.78, 5) is 39.0. The lowest BCUT2D eigenvalue weighted by atomic mass is 10.1. The van der Waals surface area contributed by atoms with Crippen LogP contribution in [0.15, 0.2) is 78.4 Å². The van der Waals surface area contributed by atoms with Crippen LogP contribution in [0.1, 0.15) is 22.3 Å². The number of nitrogens with zero attached hydrogens (tertiary/aromatic N) is 1. The molecule has 3 aromatic rings. The Hall–Kier alpha value is -4.19. The van der Waals surface area contributed by atoms with Crippen molar-refractivity contribution in [3.8, 4) is 5.75 Å². The third-order valence-corrected chi connectivity index (χ3v) is 5.10. The van der Waals surface area contributed by atoms with Gasteiger partial charge in [0, 0.05) is 5.56 Å². The number of anilines is 1. The summed E-state index contributed by atoms with van der Waals surface area (Å²) in [5, 5.41) is 2.25. The van der Waals surface area contributed by atoms with Crippen molar-refractivity contribution in [3.05, 3.63) is 101 Å². The molecule has 4 amide bonds. The standard InChI is InChI=1S/C26H22N2O4/c1-17-10-12-19(13-11-17)16-32-23-9-4-3-7-20(23)15-22-24(29)27-26(31)28(25(22)30)21-8-5-6-18(2)14-21/h3-15H,16H2,1-2H3,(H,27,29,31)/b22-15+. The SMILES string of the molecule is Cc1ccc(COc2ccccc2/C=C2\C(=O)NC(=O)N(c3cccc(C)c3)C2=O)cc1. The molecule has 1 aliphatic heterocycles. The van der Waals surface area contributed by atoms with E-state index >= 15 is 0 Å². The van der Waals surface area contributed by atoms with Crippen LogP contribution in [0.3, 0.4) is 0 Å². The fraction of sp³-hybridized carbons (Fsp3) is 0.115. The Morgan fingerprint density at radius 1 is 0.875 bits per heavy atom. The fourth-order valence-corrected chi connectivity index (χ4v) is 3.39. The Kier molecular flexibility index (Phi) is 5.85. The Balaban J connectivity index is 1.63. The van der Waals surface area contributed by atoms with E-state index in [4.69, 9.17) is 4.74 Å². The molecule has 6 nitrogen and oxygen atoms in total. The van der Waals surface area contributed by atoms with Gasteiger partial charge in [0.2, 0.25) is 0 Å². The second-order valence-corrected chi connectivity index (χ2v) is 7.61. The summed E-state index contributed by atoms with van der Waals surface area (Å²) in [5.74, 6) is -0.893. The molecular weight excluding hydrogens is 404 g/mol. The van der Waals surface area contributed by atoms with Crippen molar-refractivity contribution in [3.63, 3.8) is 0 Å². The normalized spacial score (nSPS) is 15.1. The van der Waals surface area contributed by atoms with Crippen LogP contribution in [-0.2, 0) is 16.2 Å². The molecule has 160 valence electrons. The first-order chi connectivity index (χ1) is 15.4. The minimum atomic E-state index is -0.772. The molecular formula is C26H22N2O4. The largest absolute Gasteiger partial charge is 0.488 e. The number of nitrogens with one attached hydrogen (secondary N) is 1. The van der Waals surface area contributed by atoms with Crippen LogP contribution in [0.4, 0.5) is 10.5 Å². The molecule has 0 atom stereocenters. The lowest BCUT2D eigenvalue weighted by Crippen LogP contribution is -2.54. The maximum absolute atomic E-state index is 13.1. The van der Waals surface area contributed by atoms with Crippen molar-refractivity contribution < 1.29 is 19.1 Å². The van der Waals surface area contributed by atoms with Crippen molar-refractivity contribution >= 4 is 29.6 Å². The first-order valence-electron chi connectivity index (χ1n) is 10.2. The quantitative estimate of drug-likeness (QED) is 0.480. The Morgan fingerprint density at radius 3 is 2.38 bits per heavy atom. The van der Waals surface area contributed by atoms with E-state index < -0.39 is 17.8 Å². The maximum Gasteiger partial charge on any atom is 0.335 e. The van der Waals surface area contributed by atoms with Gasteiger partial charge in [0.15, 0.2) is 0 Å². The highest BCUT2D eigenvalue weighted by molar-refractivity contribution is 6.39. The van der Waals surface area contributed by atoms with Gasteiger partial charge in [-0.05, 0) is 49.2 Å². The number of hydrogen-bond donors (Lipinski definition) is 1. The number of aryl methyl sites for hydroxylation is 2. The predicted molar refractivity (Wildman–Crippen MR) is 122 cm³/mol. The van der Waals surface area contributed by atoms with Gasteiger partial charge in [-0.3, -0.25) is 14.9 Å². The minimum absolute atomic E-state index is 0.141. The topological polar surface area (TPSA) is 75.7 Å². The van der Waals surface area contributed by atoms with E-state index in [9.17, 15) is 14.4 Å². The van der Waals surface area contributed by atoms with E-state index in [-0.39, 0.29) is 5.57 Å². The third-order valence-electron chi connectivity index (χ3n) is 5.10. The lowest BCUT2D eigenvalue weighted by Gasteiger charge is -2.26. The zero-order valence-electron chi connectivity index (χ0n) is 17.8. The number of hydrogen-bond acceptors (Lipinski definition) is 4. The Morgan fingerprint density at radius 2 is 1.62 bits per heavy atom. The highest BCUT2D eigenvalue weighted by Crippen LogP contribution is 2.26. The highest BCUT2D eigenvalue weighted by atomic mass is 16.5. The van der Waals surface area contributed by atoms with Crippen LogP contribution < -0.4 is 15.0 Å². The zero-order valence-corrected chi connectivity index (χ0v) is 17.8.